The van der Waals surface area contributed by atoms with Crippen molar-refractivity contribution >= 4 is 0 Å². The van der Waals surface area contributed by atoms with Crippen LogP contribution >= 0.6 is 0 Å². The zero-order valence-corrected chi connectivity index (χ0v) is 10.9. The molecule has 1 spiro atoms. The first-order valence-corrected chi connectivity index (χ1v) is 7.59. The predicted molar refractivity (Wildman–Crippen MR) is 67.9 cm³/mol. The van der Waals surface area contributed by atoms with Crippen LogP contribution in [-0.4, -0.2) is 22.9 Å². The van der Waals surface area contributed by atoms with Gasteiger partial charge >= 0.3 is 0 Å². The first kappa shape index (κ1) is 12.0. The molecular weight excluding hydrogens is 212 g/mol. The van der Waals surface area contributed by atoms with E-state index in [-0.39, 0.29) is 11.2 Å². The van der Waals surface area contributed by atoms with Crippen molar-refractivity contribution < 1.29 is 9.84 Å². The SMILES string of the molecule is OC1(C2CCOC3(CCCC3)C2)CCCCC1. The van der Waals surface area contributed by atoms with Crippen LogP contribution in [0, 0.1) is 5.92 Å². The van der Waals surface area contributed by atoms with Crippen LogP contribution in [-0.2, 0) is 4.74 Å². The second-order valence-corrected chi connectivity index (χ2v) is 6.59. The molecule has 17 heavy (non-hydrogen) atoms. The Morgan fingerprint density at radius 3 is 2.24 bits per heavy atom. The molecule has 1 saturated heterocycles. The molecule has 2 aliphatic carbocycles. The Morgan fingerprint density at radius 2 is 1.53 bits per heavy atom. The molecule has 0 aromatic rings. The van der Waals surface area contributed by atoms with E-state index in [1.165, 1.54) is 44.9 Å². The summed E-state index contributed by atoms with van der Waals surface area (Å²) in [5, 5.41) is 10.9. The van der Waals surface area contributed by atoms with E-state index >= 15 is 0 Å². The highest BCUT2D eigenvalue weighted by Crippen LogP contribution is 2.48. The highest BCUT2D eigenvalue weighted by Gasteiger charge is 2.47. The van der Waals surface area contributed by atoms with E-state index in [0.717, 1.165) is 32.3 Å². The maximum Gasteiger partial charge on any atom is 0.0686 e. The summed E-state index contributed by atoms with van der Waals surface area (Å²) in [4.78, 5) is 0. The Hall–Kier alpha value is -0.0800. The van der Waals surface area contributed by atoms with E-state index in [0.29, 0.717) is 5.92 Å². The quantitative estimate of drug-likeness (QED) is 0.758. The predicted octanol–water partition coefficient (Wildman–Crippen LogP) is 3.42. The monoisotopic (exact) mass is 238 g/mol. The first-order valence-electron chi connectivity index (χ1n) is 7.59. The first-order chi connectivity index (χ1) is 8.23. The summed E-state index contributed by atoms with van der Waals surface area (Å²) in [6.45, 7) is 0.882. The van der Waals surface area contributed by atoms with Gasteiger partial charge in [0, 0.05) is 6.61 Å². The van der Waals surface area contributed by atoms with Crippen LogP contribution in [0.25, 0.3) is 0 Å². The van der Waals surface area contributed by atoms with E-state index in [1.807, 2.05) is 0 Å². The van der Waals surface area contributed by atoms with Gasteiger partial charge in [0.25, 0.3) is 0 Å². The number of aliphatic hydroxyl groups is 1. The van der Waals surface area contributed by atoms with Crippen molar-refractivity contribution in [2.24, 2.45) is 5.92 Å². The van der Waals surface area contributed by atoms with Crippen LogP contribution in [0.4, 0.5) is 0 Å². The number of rotatable bonds is 1. The van der Waals surface area contributed by atoms with Gasteiger partial charge in [-0.2, -0.15) is 0 Å². The summed E-state index contributed by atoms with van der Waals surface area (Å²) in [5.41, 5.74) is -0.187. The molecule has 1 aliphatic heterocycles. The van der Waals surface area contributed by atoms with Crippen molar-refractivity contribution in [3.63, 3.8) is 0 Å². The van der Waals surface area contributed by atoms with E-state index in [9.17, 15) is 5.11 Å². The zero-order valence-electron chi connectivity index (χ0n) is 10.9. The summed E-state index contributed by atoms with van der Waals surface area (Å²) >= 11 is 0. The highest BCUT2D eigenvalue weighted by atomic mass is 16.5. The summed E-state index contributed by atoms with van der Waals surface area (Å²) in [6.07, 6.45) is 13.2. The van der Waals surface area contributed by atoms with Crippen LogP contribution < -0.4 is 0 Å². The molecule has 0 bridgehead atoms. The Morgan fingerprint density at radius 1 is 0.882 bits per heavy atom. The third-order valence-corrected chi connectivity index (χ3v) is 5.49. The summed E-state index contributed by atoms with van der Waals surface area (Å²) in [6, 6.07) is 0. The molecule has 1 unspecified atom stereocenters. The van der Waals surface area contributed by atoms with Crippen molar-refractivity contribution in [2.45, 2.75) is 81.8 Å². The molecule has 0 radical (unpaired) electrons. The Labute approximate surface area is 105 Å². The molecule has 1 heterocycles. The minimum absolute atomic E-state index is 0.163. The Bertz CT molecular complexity index is 262. The smallest absolute Gasteiger partial charge is 0.0686 e. The van der Waals surface area contributed by atoms with E-state index in [2.05, 4.69) is 0 Å². The van der Waals surface area contributed by atoms with Crippen LogP contribution in [0.3, 0.4) is 0 Å². The van der Waals surface area contributed by atoms with E-state index < -0.39 is 0 Å². The second kappa shape index (κ2) is 4.55. The molecule has 3 fully saturated rings. The fourth-order valence-corrected chi connectivity index (χ4v) is 4.43. The van der Waals surface area contributed by atoms with Gasteiger partial charge in [-0.25, -0.2) is 0 Å². The summed E-state index contributed by atoms with van der Waals surface area (Å²) < 4.78 is 6.08. The Kier molecular flexibility index (Phi) is 3.20. The van der Waals surface area contributed by atoms with Gasteiger partial charge in [0.05, 0.1) is 11.2 Å². The highest BCUT2D eigenvalue weighted by molar-refractivity contribution is 4.98. The molecule has 2 nitrogen and oxygen atoms in total. The molecular formula is C15H26O2. The van der Waals surface area contributed by atoms with Crippen molar-refractivity contribution in [3.05, 3.63) is 0 Å². The van der Waals surface area contributed by atoms with Gasteiger partial charge in [-0.3, -0.25) is 0 Å². The maximum absolute atomic E-state index is 10.9. The van der Waals surface area contributed by atoms with Crippen LogP contribution in [0.2, 0.25) is 0 Å². The molecule has 1 atom stereocenters. The van der Waals surface area contributed by atoms with Crippen molar-refractivity contribution in [1.82, 2.24) is 0 Å². The number of hydrogen-bond donors (Lipinski definition) is 1. The van der Waals surface area contributed by atoms with Gasteiger partial charge in [0.15, 0.2) is 0 Å². The number of ether oxygens (including phenoxy) is 1. The van der Waals surface area contributed by atoms with Crippen LogP contribution in [0.1, 0.15) is 70.6 Å². The van der Waals surface area contributed by atoms with Gasteiger partial charge in [-0.05, 0) is 44.4 Å². The van der Waals surface area contributed by atoms with E-state index in [1.54, 1.807) is 0 Å². The summed E-state index contributed by atoms with van der Waals surface area (Å²) in [5.74, 6) is 0.509. The maximum atomic E-state index is 10.9. The average molecular weight is 238 g/mol. The van der Waals surface area contributed by atoms with Crippen LogP contribution in [0.15, 0.2) is 0 Å². The normalized spacial score (nSPS) is 36.2. The molecule has 3 rings (SSSR count). The number of hydrogen-bond acceptors (Lipinski definition) is 2. The van der Waals surface area contributed by atoms with Gasteiger partial charge in [-0.15, -0.1) is 0 Å². The van der Waals surface area contributed by atoms with Gasteiger partial charge < -0.3 is 9.84 Å². The largest absolute Gasteiger partial charge is 0.390 e. The molecule has 3 aliphatic rings. The van der Waals surface area contributed by atoms with Crippen molar-refractivity contribution in [1.29, 1.82) is 0 Å². The molecule has 0 aromatic carbocycles. The van der Waals surface area contributed by atoms with Crippen molar-refractivity contribution in [2.75, 3.05) is 6.61 Å². The lowest BCUT2D eigenvalue weighted by molar-refractivity contribution is -0.149. The minimum atomic E-state index is -0.350. The third-order valence-electron chi connectivity index (χ3n) is 5.49. The Balaban J connectivity index is 1.70. The molecule has 2 heteroatoms. The second-order valence-electron chi connectivity index (χ2n) is 6.59. The third kappa shape index (κ3) is 2.26. The minimum Gasteiger partial charge on any atom is -0.390 e. The zero-order chi connectivity index (χ0) is 11.8. The molecule has 0 aromatic heterocycles. The fourth-order valence-electron chi connectivity index (χ4n) is 4.43. The van der Waals surface area contributed by atoms with Gasteiger partial charge in [0.1, 0.15) is 0 Å². The van der Waals surface area contributed by atoms with Crippen molar-refractivity contribution in [3.8, 4) is 0 Å². The van der Waals surface area contributed by atoms with Gasteiger partial charge in [0.2, 0.25) is 0 Å². The standard InChI is InChI=1S/C15H26O2/c16-15(9-2-1-3-10-15)13-6-11-17-14(12-13)7-4-5-8-14/h13,16H,1-12H2. The lowest BCUT2D eigenvalue weighted by Crippen LogP contribution is -2.48. The lowest BCUT2D eigenvalue weighted by Gasteiger charge is -2.46. The lowest BCUT2D eigenvalue weighted by atomic mass is 9.69. The molecule has 98 valence electrons. The summed E-state index contributed by atoms with van der Waals surface area (Å²) in [7, 11) is 0. The average Bonchev–Trinajstić information content (AvgIpc) is 2.78. The fraction of sp³-hybridized carbons (Fsp3) is 1.00. The topological polar surface area (TPSA) is 29.5 Å². The van der Waals surface area contributed by atoms with Gasteiger partial charge in [-0.1, -0.05) is 32.1 Å². The van der Waals surface area contributed by atoms with E-state index in [4.69, 9.17) is 4.74 Å². The molecule has 2 saturated carbocycles. The van der Waals surface area contributed by atoms with Crippen LogP contribution in [0.5, 0.6) is 0 Å². The molecule has 0 amide bonds. The molecule has 1 N–H and O–H groups in total.